The molecule has 0 spiro atoms. The van der Waals surface area contributed by atoms with Crippen LogP contribution in [0.25, 0.3) is 0 Å². The molecule has 1 N–H and O–H groups in total. The van der Waals surface area contributed by atoms with E-state index in [1.165, 1.54) is 0 Å². The Balaban J connectivity index is 3.87. The van der Waals surface area contributed by atoms with Crippen molar-refractivity contribution in [2.24, 2.45) is 0 Å². The van der Waals surface area contributed by atoms with Crippen molar-refractivity contribution in [2.75, 3.05) is 6.54 Å². The summed E-state index contributed by atoms with van der Waals surface area (Å²) in [6.45, 7) is 10.1. The van der Waals surface area contributed by atoms with Crippen LogP contribution in [0.15, 0.2) is 0 Å². The van der Waals surface area contributed by atoms with Crippen molar-refractivity contribution in [2.45, 2.75) is 46.3 Å². The molecule has 0 aromatic carbocycles. The molecule has 0 heterocycles. The van der Waals surface area contributed by atoms with E-state index in [2.05, 4.69) is 5.32 Å². The van der Waals surface area contributed by atoms with Crippen LogP contribution in [-0.2, 0) is 9.53 Å². The highest BCUT2D eigenvalue weighted by atomic mass is 16.6. The molecule has 0 saturated heterocycles. The first-order valence-electron chi connectivity index (χ1n) is 4.33. The predicted octanol–water partition coefficient (Wildman–Crippen LogP) is 1.33. The molecule has 0 rings (SSSR count). The zero-order valence-corrected chi connectivity index (χ0v) is 8.60. The van der Waals surface area contributed by atoms with Crippen LogP contribution in [0.5, 0.6) is 0 Å². The first kappa shape index (κ1) is 11.4. The lowest BCUT2D eigenvalue weighted by atomic mass is 10.2. The number of carbonyl (C=O) groups excluding carboxylic acids is 1. The Kier molecular flexibility index (Phi) is 4.24. The summed E-state index contributed by atoms with van der Waals surface area (Å²) in [4.78, 5) is 11.3. The number of carbonyl (C=O) groups is 1. The van der Waals surface area contributed by atoms with Gasteiger partial charge in [0, 0.05) is 0 Å². The molecule has 0 fully saturated rings. The molecule has 0 aliphatic heterocycles. The van der Waals surface area contributed by atoms with Crippen molar-refractivity contribution in [3.63, 3.8) is 0 Å². The minimum absolute atomic E-state index is 0.190. The molecule has 0 saturated carbocycles. The van der Waals surface area contributed by atoms with E-state index in [9.17, 15) is 4.79 Å². The van der Waals surface area contributed by atoms with Crippen molar-refractivity contribution < 1.29 is 9.53 Å². The topological polar surface area (TPSA) is 38.3 Å². The fraction of sp³-hybridized carbons (Fsp3) is 0.889. The van der Waals surface area contributed by atoms with Gasteiger partial charge in [0.15, 0.2) is 0 Å². The highest BCUT2D eigenvalue weighted by Gasteiger charge is 2.20. The molecule has 0 aromatic heterocycles. The van der Waals surface area contributed by atoms with Crippen LogP contribution >= 0.6 is 0 Å². The van der Waals surface area contributed by atoms with Crippen LogP contribution in [-0.4, -0.2) is 24.2 Å². The number of hydrogen-bond acceptors (Lipinski definition) is 3. The third kappa shape index (κ3) is 5.13. The summed E-state index contributed by atoms with van der Waals surface area (Å²) < 4.78 is 5.15. The third-order valence-electron chi connectivity index (χ3n) is 1.27. The Morgan fingerprint density at radius 2 is 2.00 bits per heavy atom. The summed E-state index contributed by atoms with van der Waals surface area (Å²) >= 11 is 0. The van der Waals surface area contributed by atoms with Crippen LogP contribution in [0.1, 0.15) is 34.6 Å². The van der Waals surface area contributed by atoms with E-state index in [1.807, 2.05) is 27.7 Å². The lowest BCUT2D eigenvalue weighted by Crippen LogP contribution is -2.39. The fourth-order valence-electron chi connectivity index (χ4n) is 0.780. The number of ether oxygens (including phenoxy) is 1. The molecule has 0 amide bonds. The average molecular weight is 173 g/mol. The van der Waals surface area contributed by atoms with Gasteiger partial charge in [-0.25, -0.2) is 0 Å². The number of nitrogens with one attached hydrogen (secondary N) is 1. The maximum Gasteiger partial charge on any atom is 0.323 e. The predicted molar refractivity (Wildman–Crippen MR) is 49.0 cm³/mol. The molecule has 0 aromatic rings. The summed E-state index contributed by atoms with van der Waals surface area (Å²) in [7, 11) is 0. The zero-order chi connectivity index (χ0) is 9.78. The lowest BCUT2D eigenvalue weighted by molar-refractivity contribution is -0.156. The van der Waals surface area contributed by atoms with Crippen LogP contribution in [0.4, 0.5) is 0 Å². The van der Waals surface area contributed by atoms with Gasteiger partial charge in [0.1, 0.15) is 11.6 Å². The van der Waals surface area contributed by atoms with Crippen molar-refractivity contribution in [1.82, 2.24) is 5.32 Å². The Hall–Kier alpha value is -0.570. The molecule has 0 aliphatic rings. The zero-order valence-electron chi connectivity index (χ0n) is 8.60. The monoisotopic (exact) mass is 173 g/mol. The highest BCUT2D eigenvalue weighted by Crippen LogP contribution is 2.07. The molecule has 1 atom stereocenters. The largest absolute Gasteiger partial charge is 0.459 e. The standard InChI is InChI=1S/C9H19NO2/c1-6-10-7(2)8(11)12-9(3,4)5/h7,10H,6H2,1-5H3/t7-/m1/s1. The summed E-state index contributed by atoms with van der Waals surface area (Å²) in [5.41, 5.74) is -0.388. The minimum atomic E-state index is -0.388. The third-order valence-corrected chi connectivity index (χ3v) is 1.27. The van der Waals surface area contributed by atoms with Crippen LogP contribution in [0, 0.1) is 0 Å². The quantitative estimate of drug-likeness (QED) is 0.654. The molecular formula is C9H19NO2. The van der Waals surface area contributed by atoms with E-state index in [4.69, 9.17) is 4.74 Å². The smallest absolute Gasteiger partial charge is 0.323 e. The van der Waals surface area contributed by atoms with Gasteiger partial charge in [0.2, 0.25) is 0 Å². The van der Waals surface area contributed by atoms with Crippen LogP contribution < -0.4 is 5.32 Å². The number of esters is 1. The molecule has 3 nitrogen and oxygen atoms in total. The van der Waals surface area contributed by atoms with E-state index >= 15 is 0 Å². The Morgan fingerprint density at radius 3 is 2.33 bits per heavy atom. The summed E-state index contributed by atoms with van der Waals surface area (Å²) in [6, 6.07) is -0.214. The molecule has 3 heteroatoms. The van der Waals surface area contributed by atoms with Gasteiger partial charge in [0.25, 0.3) is 0 Å². The fourth-order valence-corrected chi connectivity index (χ4v) is 0.780. The maximum atomic E-state index is 11.3. The van der Waals surface area contributed by atoms with Gasteiger partial charge in [0.05, 0.1) is 0 Å². The van der Waals surface area contributed by atoms with Gasteiger partial charge in [-0.3, -0.25) is 4.79 Å². The SMILES string of the molecule is CCN[C@H](C)C(=O)OC(C)(C)C. The van der Waals surface area contributed by atoms with Gasteiger partial charge in [-0.15, -0.1) is 0 Å². The van der Waals surface area contributed by atoms with E-state index in [0.717, 1.165) is 6.54 Å². The normalized spacial score (nSPS) is 14.1. The van der Waals surface area contributed by atoms with Gasteiger partial charge in [-0.1, -0.05) is 6.92 Å². The van der Waals surface area contributed by atoms with E-state index in [0.29, 0.717) is 0 Å². The van der Waals surface area contributed by atoms with Gasteiger partial charge >= 0.3 is 5.97 Å². The molecular weight excluding hydrogens is 154 g/mol. The first-order valence-corrected chi connectivity index (χ1v) is 4.33. The molecule has 0 bridgehead atoms. The second-order valence-electron chi connectivity index (χ2n) is 3.81. The Labute approximate surface area is 74.5 Å². The average Bonchev–Trinajstić information content (AvgIpc) is 1.84. The molecule has 0 unspecified atom stereocenters. The van der Waals surface area contributed by atoms with Gasteiger partial charge in [-0.05, 0) is 34.2 Å². The van der Waals surface area contributed by atoms with Gasteiger partial charge in [-0.2, -0.15) is 0 Å². The van der Waals surface area contributed by atoms with Crippen molar-refractivity contribution in [1.29, 1.82) is 0 Å². The maximum absolute atomic E-state index is 11.3. The highest BCUT2D eigenvalue weighted by molar-refractivity contribution is 5.75. The number of likely N-dealkylation sites (N-methyl/N-ethyl adjacent to an activating group) is 1. The van der Waals surface area contributed by atoms with Crippen LogP contribution in [0.2, 0.25) is 0 Å². The first-order chi connectivity index (χ1) is 5.37. The Morgan fingerprint density at radius 1 is 1.50 bits per heavy atom. The van der Waals surface area contributed by atoms with Crippen molar-refractivity contribution >= 4 is 5.97 Å². The van der Waals surface area contributed by atoms with Crippen molar-refractivity contribution in [3.8, 4) is 0 Å². The lowest BCUT2D eigenvalue weighted by Gasteiger charge is -2.22. The minimum Gasteiger partial charge on any atom is -0.459 e. The summed E-state index contributed by atoms with van der Waals surface area (Å²) in [5, 5.41) is 2.99. The molecule has 0 aliphatic carbocycles. The number of hydrogen-bond donors (Lipinski definition) is 1. The molecule has 0 radical (unpaired) electrons. The van der Waals surface area contributed by atoms with E-state index < -0.39 is 0 Å². The van der Waals surface area contributed by atoms with Gasteiger partial charge < -0.3 is 10.1 Å². The second-order valence-corrected chi connectivity index (χ2v) is 3.81. The van der Waals surface area contributed by atoms with Crippen LogP contribution in [0.3, 0.4) is 0 Å². The Bertz CT molecular complexity index is 149. The van der Waals surface area contributed by atoms with E-state index in [1.54, 1.807) is 6.92 Å². The molecule has 12 heavy (non-hydrogen) atoms. The van der Waals surface area contributed by atoms with E-state index in [-0.39, 0.29) is 17.6 Å². The second kappa shape index (κ2) is 4.45. The number of rotatable bonds is 3. The van der Waals surface area contributed by atoms with Crippen molar-refractivity contribution in [3.05, 3.63) is 0 Å². The summed E-state index contributed by atoms with van der Waals surface area (Å²) in [6.07, 6.45) is 0. The summed E-state index contributed by atoms with van der Waals surface area (Å²) in [5.74, 6) is -0.190. The molecule has 72 valence electrons.